The SMILES string of the molecule is CCc1nc(-c2ccccc2)n(CC)c1N. The van der Waals surface area contributed by atoms with Crippen LogP contribution < -0.4 is 5.73 Å². The van der Waals surface area contributed by atoms with E-state index in [4.69, 9.17) is 5.73 Å². The second kappa shape index (κ2) is 4.39. The highest BCUT2D eigenvalue weighted by Gasteiger charge is 2.13. The van der Waals surface area contributed by atoms with Gasteiger partial charge in [0, 0.05) is 12.1 Å². The van der Waals surface area contributed by atoms with Crippen LogP contribution in [0.15, 0.2) is 30.3 Å². The maximum absolute atomic E-state index is 6.06. The fourth-order valence-corrected chi connectivity index (χ4v) is 1.90. The zero-order valence-corrected chi connectivity index (χ0v) is 9.77. The molecule has 16 heavy (non-hydrogen) atoms. The zero-order chi connectivity index (χ0) is 11.5. The Morgan fingerprint density at radius 3 is 2.44 bits per heavy atom. The topological polar surface area (TPSA) is 43.8 Å². The fraction of sp³-hybridized carbons (Fsp3) is 0.308. The molecule has 2 aromatic rings. The average Bonchev–Trinajstić information content (AvgIpc) is 2.66. The van der Waals surface area contributed by atoms with Crippen LogP contribution in [0, 0.1) is 0 Å². The van der Waals surface area contributed by atoms with Crippen molar-refractivity contribution in [1.82, 2.24) is 9.55 Å². The Bertz CT molecular complexity index is 471. The number of nitrogens with two attached hydrogens (primary N) is 1. The van der Waals surface area contributed by atoms with Crippen LogP contribution in [0.2, 0.25) is 0 Å². The number of hydrogen-bond acceptors (Lipinski definition) is 2. The largest absolute Gasteiger partial charge is 0.384 e. The predicted molar refractivity (Wildman–Crippen MR) is 67.1 cm³/mol. The summed E-state index contributed by atoms with van der Waals surface area (Å²) in [7, 11) is 0. The van der Waals surface area contributed by atoms with Crippen molar-refractivity contribution in [3.63, 3.8) is 0 Å². The number of aryl methyl sites for hydroxylation is 1. The molecule has 2 N–H and O–H groups in total. The van der Waals surface area contributed by atoms with Crippen molar-refractivity contribution in [2.45, 2.75) is 26.8 Å². The molecule has 1 aromatic carbocycles. The van der Waals surface area contributed by atoms with Crippen molar-refractivity contribution < 1.29 is 0 Å². The summed E-state index contributed by atoms with van der Waals surface area (Å²) in [6, 6.07) is 10.2. The van der Waals surface area contributed by atoms with Gasteiger partial charge < -0.3 is 10.3 Å². The van der Waals surface area contributed by atoms with E-state index in [1.807, 2.05) is 18.2 Å². The number of nitrogens with zero attached hydrogens (tertiary/aromatic N) is 2. The first-order valence-electron chi connectivity index (χ1n) is 5.68. The lowest BCUT2D eigenvalue weighted by molar-refractivity contribution is 0.780. The third-order valence-electron chi connectivity index (χ3n) is 2.77. The number of benzene rings is 1. The Balaban J connectivity index is 2.57. The van der Waals surface area contributed by atoms with Gasteiger partial charge in [0.2, 0.25) is 0 Å². The zero-order valence-electron chi connectivity index (χ0n) is 9.77. The molecular weight excluding hydrogens is 198 g/mol. The van der Waals surface area contributed by atoms with E-state index in [1.54, 1.807) is 0 Å². The Hall–Kier alpha value is -1.77. The van der Waals surface area contributed by atoms with E-state index in [2.05, 4.69) is 35.5 Å². The highest BCUT2D eigenvalue weighted by molar-refractivity contribution is 5.60. The first-order valence-corrected chi connectivity index (χ1v) is 5.68. The molecule has 1 aromatic heterocycles. The van der Waals surface area contributed by atoms with Crippen LogP contribution in [0.1, 0.15) is 19.5 Å². The van der Waals surface area contributed by atoms with Crippen LogP contribution in [0.3, 0.4) is 0 Å². The van der Waals surface area contributed by atoms with Gasteiger partial charge in [-0.2, -0.15) is 0 Å². The van der Waals surface area contributed by atoms with Gasteiger partial charge in [0.1, 0.15) is 11.6 Å². The summed E-state index contributed by atoms with van der Waals surface area (Å²) in [5, 5.41) is 0. The normalized spacial score (nSPS) is 10.6. The van der Waals surface area contributed by atoms with Gasteiger partial charge in [-0.3, -0.25) is 0 Å². The molecule has 3 heteroatoms. The molecule has 1 heterocycles. The lowest BCUT2D eigenvalue weighted by Gasteiger charge is -2.06. The summed E-state index contributed by atoms with van der Waals surface area (Å²) >= 11 is 0. The maximum atomic E-state index is 6.06. The van der Waals surface area contributed by atoms with Crippen molar-refractivity contribution in [3.05, 3.63) is 36.0 Å². The van der Waals surface area contributed by atoms with Crippen molar-refractivity contribution in [3.8, 4) is 11.4 Å². The van der Waals surface area contributed by atoms with E-state index in [-0.39, 0.29) is 0 Å². The number of imidazole rings is 1. The Labute approximate surface area is 95.9 Å². The van der Waals surface area contributed by atoms with Crippen LogP contribution in [0.4, 0.5) is 5.82 Å². The fourth-order valence-electron chi connectivity index (χ4n) is 1.90. The lowest BCUT2D eigenvalue weighted by atomic mass is 10.2. The second-order valence-electron chi connectivity index (χ2n) is 3.73. The predicted octanol–water partition coefficient (Wildman–Crippen LogP) is 2.71. The van der Waals surface area contributed by atoms with Gasteiger partial charge in [0.15, 0.2) is 0 Å². The molecule has 0 saturated heterocycles. The average molecular weight is 215 g/mol. The van der Waals surface area contributed by atoms with Gasteiger partial charge in [-0.05, 0) is 13.3 Å². The molecule has 0 bridgehead atoms. The summed E-state index contributed by atoms with van der Waals surface area (Å²) in [6.45, 7) is 5.01. The van der Waals surface area contributed by atoms with Gasteiger partial charge in [-0.25, -0.2) is 4.98 Å². The Kier molecular flexibility index (Phi) is 2.95. The van der Waals surface area contributed by atoms with Crippen molar-refractivity contribution in [1.29, 1.82) is 0 Å². The highest BCUT2D eigenvalue weighted by atomic mass is 15.1. The summed E-state index contributed by atoms with van der Waals surface area (Å²) in [5.41, 5.74) is 8.17. The first kappa shape index (κ1) is 10.7. The minimum absolute atomic E-state index is 0.795. The molecule has 0 radical (unpaired) electrons. The van der Waals surface area contributed by atoms with Gasteiger partial charge in [0.05, 0.1) is 5.69 Å². The third-order valence-corrected chi connectivity index (χ3v) is 2.77. The van der Waals surface area contributed by atoms with Crippen molar-refractivity contribution >= 4 is 5.82 Å². The summed E-state index contributed by atoms with van der Waals surface area (Å²) in [5.74, 6) is 1.77. The number of aromatic nitrogens is 2. The van der Waals surface area contributed by atoms with Crippen LogP contribution in [0.25, 0.3) is 11.4 Å². The number of anilines is 1. The third kappa shape index (κ3) is 1.69. The second-order valence-corrected chi connectivity index (χ2v) is 3.73. The number of nitrogen functional groups attached to an aromatic ring is 1. The van der Waals surface area contributed by atoms with Gasteiger partial charge in [-0.1, -0.05) is 37.3 Å². The van der Waals surface area contributed by atoms with Gasteiger partial charge >= 0.3 is 0 Å². The van der Waals surface area contributed by atoms with Crippen LogP contribution in [0.5, 0.6) is 0 Å². The van der Waals surface area contributed by atoms with Gasteiger partial charge in [0.25, 0.3) is 0 Å². The quantitative estimate of drug-likeness (QED) is 0.855. The molecule has 0 aliphatic rings. The molecule has 0 spiro atoms. The molecule has 0 atom stereocenters. The van der Waals surface area contributed by atoms with E-state index in [9.17, 15) is 0 Å². The summed E-state index contributed by atoms with van der Waals surface area (Å²) in [4.78, 5) is 4.61. The van der Waals surface area contributed by atoms with Crippen molar-refractivity contribution in [2.24, 2.45) is 0 Å². The van der Waals surface area contributed by atoms with E-state index >= 15 is 0 Å². The smallest absolute Gasteiger partial charge is 0.141 e. The van der Waals surface area contributed by atoms with Crippen molar-refractivity contribution in [2.75, 3.05) is 5.73 Å². The highest BCUT2D eigenvalue weighted by Crippen LogP contribution is 2.24. The maximum Gasteiger partial charge on any atom is 0.141 e. The molecule has 0 saturated carbocycles. The molecule has 0 fully saturated rings. The van der Waals surface area contributed by atoms with Crippen LogP contribution >= 0.6 is 0 Å². The molecule has 0 amide bonds. The number of hydrogen-bond donors (Lipinski definition) is 1. The molecule has 0 unspecified atom stereocenters. The standard InChI is InChI=1S/C13H17N3/c1-3-11-12(14)16(4-2)13(15-11)10-8-6-5-7-9-10/h5-9H,3-4,14H2,1-2H3. The molecule has 84 valence electrons. The lowest BCUT2D eigenvalue weighted by Crippen LogP contribution is -2.03. The summed E-state index contributed by atoms with van der Waals surface area (Å²) in [6.07, 6.45) is 0.874. The molecular formula is C13H17N3. The van der Waals surface area contributed by atoms with E-state index in [1.165, 1.54) is 0 Å². The minimum Gasteiger partial charge on any atom is -0.384 e. The van der Waals surface area contributed by atoms with Crippen LogP contribution in [-0.4, -0.2) is 9.55 Å². The minimum atomic E-state index is 0.795. The summed E-state index contributed by atoms with van der Waals surface area (Å²) < 4.78 is 2.06. The molecule has 0 aliphatic heterocycles. The molecule has 2 rings (SSSR count). The monoisotopic (exact) mass is 215 g/mol. The Morgan fingerprint density at radius 2 is 1.88 bits per heavy atom. The van der Waals surface area contributed by atoms with Crippen LogP contribution in [-0.2, 0) is 13.0 Å². The van der Waals surface area contributed by atoms with Gasteiger partial charge in [-0.15, -0.1) is 0 Å². The molecule has 3 nitrogen and oxygen atoms in total. The molecule has 0 aliphatic carbocycles. The number of rotatable bonds is 3. The van der Waals surface area contributed by atoms with E-state index < -0.39 is 0 Å². The van der Waals surface area contributed by atoms with E-state index in [0.717, 1.165) is 35.9 Å². The first-order chi connectivity index (χ1) is 7.77. The van der Waals surface area contributed by atoms with E-state index in [0.29, 0.717) is 0 Å². The Morgan fingerprint density at radius 1 is 1.19 bits per heavy atom.